The Balaban J connectivity index is -0.000000809. The SMILES string of the molecule is CC.CCCCOCCCOCCCNC(C)C.[HH]. The molecule has 0 heterocycles. The largest absolute Gasteiger partial charge is 0.381 e. The van der Waals surface area contributed by atoms with E-state index in [0.29, 0.717) is 6.04 Å². The second kappa shape index (κ2) is 19.2. The van der Waals surface area contributed by atoms with Gasteiger partial charge in [-0.05, 0) is 25.8 Å². The van der Waals surface area contributed by atoms with Crippen LogP contribution in [0.15, 0.2) is 0 Å². The Kier molecular flexibility index (Phi) is 21.6. The van der Waals surface area contributed by atoms with Crippen LogP contribution in [0.5, 0.6) is 0 Å². The smallest absolute Gasteiger partial charge is 0.0487 e. The summed E-state index contributed by atoms with van der Waals surface area (Å²) in [6, 6.07) is 0.576. The first-order chi connectivity index (χ1) is 8.77. The molecule has 3 nitrogen and oxygen atoms in total. The van der Waals surface area contributed by atoms with Crippen molar-refractivity contribution < 1.29 is 10.9 Å². The van der Waals surface area contributed by atoms with E-state index in [2.05, 4.69) is 26.1 Å². The molecule has 0 aromatic heterocycles. The summed E-state index contributed by atoms with van der Waals surface area (Å²) in [6.45, 7) is 15.0. The first kappa shape index (κ1) is 20.2. The maximum atomic E-state index is 5.50. The maximum Gasteiger partial charge on any atom is 0.0487 e. The Bertz CT molecular complexity index is 135. The van der Waals surface area contributed by atoms with Crippen LogP contribution in [0.2, 0.25) is 0 Å². The highest BCUT2D eigenvalue weighted by Gasteiger charge is 1.93. The van der Waals surface area contributed by atoms with Gasteiger partial charge in [0.1, 0.15) is 0 Å². The van der Waals surface area contributed by atoms with E-state index >= 15 is 0 Å². The Morgan fingerprint density at radius 1 is 0.889 bits per heavy atom. The second-order valence-electron chi connectivity index (χ2n) is 4.39. The lowest BCUT2D eigenvalue weighted by Crippen LogP contribution is -2.24. The zero-order chi connectivity index (χ0) is 14.1. The molecule has 0 amide bonds. The van der Waals surface area contributed by atoms with Crippen LogP contribution >= 0.6 is 0 Å². The number of hydrogen-bond donors (Lipinski definition) is 1. The molecule has 18 heavy (non-hydrogen) atoms. The van der Waals surface area contributed by atoms with Gasteiger partial charge in [0.05, 0.1) is 0 Å². The van der Waals surface area contributed by atoms with E-state index in [4.69, 9.17) is 9.47 Å². The molecule has 3 heteroatoms. The summed E-state index contributed by atoms with van der Waals surface area (Å²) in [6.07, 6.45) is 4.48. The molecule has 0 aliphatic carbocycles. The molecule has 0 aromatic carbocycles. The zero-order valence-electron chi connectivity index (χ0n) is 13.3. The van der Waals surface area contributed by atoms with Gasteiger partial charge in [0.2, 0.25) is 0 Å². The topological polar surface area (TPSA) is 30.5 Å². The second-order valence-corrected chi connectivity index (χ2v) is 4.39. The lowest BCUT2D eigenvalue weighted by atomic mass is 10.3. The van der Waals surface area contributed by atoms with Crippen LogP contribution in [0.1, 0.15) is 61.7 Å². The number of hydrogen-bond acceptors (Lipinski definition) is 3. The van der Waals surface area contributed by atoms with Gasteiger partial charge in [-0.15, -0.1) is 0 Å². The standard InChI is InChI=1S/C13H29NO2.C2H6.H2/c1-4-5-9-15-11-7-12-16-10-6-8-14-13(2)3;1-2;/h13-14H,4-12H2,1-3H3;1-2H3;1H. The highest BCUT2D eigenvalue weighted by atomic mass is 16.5. The van der Waals surface area contributed by atoms with Crippen molar-refractivity contribution in [3.05, 3.63) is 0 Å². The Labute approximate surface area is 116 Å². The van der Waals surface area contributed by atoms with Crippen molar-refractivity contribution in [3.63, 3.8) is 0 Å². The number of ether oxygens (including phenoxy) is 2. The van der Waals surface area contributed by atoms with E-state index in [-0.39, 0.29) is 1.43 Å². The minimum Gasteiger partial charge on any atom is -0.381 e. The molecule has 0 bridgehead atoms. The fraction of sp³-hybridized carbons (Fsp3) is 1.00. The fourth-order valence-corrected chi connectivity index (χ4v) is 1.28. The first-order valence-electron chi connectivity index (χ1n) is 7.66. The summed E-state index contributed by atoms with van der Waals surface area (Å²) in [7, 11) is 0. The van der Waals surface area contributed by atoms with Crippen molar-refractivity contribution in [1.82, 2.24) is 5.32 Å². The van der Waals surface area contributed by atoms with E-state index in [9.17, 15) is 0 Å². The van der Waals surface area contributed by atoms with Crippen molar-refractivity contribution in [2.45, 2.75) is 66.3 Å². The van der Waals surface area contributed by atoms with Crippen LogP contribution in [0.25, 0.3) is 0 Å². The zero-order valence-corrected chi connectivity index (χ0v) is 13.3. The average Bonchev–Trinajstić information content (AvgIpc) is 2.38. The van der Waals surface area contributed by atoms with Gasteiger partial charge in [-0.2, -0.15) is 0 Å². The molecule has 0 aromatic rings. The number of rotatable bonds is 12. The van der Waals surface area contributed by atoms with E-state index in [0.717, 1.165) is 45.8 Å². The lowest BCUT2D eigenvalue weighted by molar-refractivity contribution is 0.0806. The predicted molar refractivity (Wildman–Crippen MR) is 82.4 cm³/mol. The van der Waals surface area contributed by atoms with Gasteiger partial charge in [-0.3, -0.25) is 0 Å². The molecule has 0 spiro atoms. The molecule has 0 aliphatic rings. The predicted octanol–water partition coefficient (Wildman–Crippen LogP) is 3.87. The molecule has 0 fully saturated rings. The summed E-state index contributed by atoms with van der Waals surface area (Å²) in [5.74, 6) is 0. The van der Waals surface area contributed by atoms with Gasteiger partial charge < -0.3 is 14.8 Å². The van der Waals surface area contributed by atoms with Crippen molar-refractivity contribution in [1.29, 1.82) is 0 Å². The lowest BCUT2D eigenvalue weighted by Gasteiger charge is -2.08. The highest BCUT2D eigenvalue weighted by molar-refractivity contribution is 4.51. The quantitative estimate of drug-likeness (QED) is 0.542. The maximum absolute atomic E-state index is 5.50. The van der Waals surface area contributed by atoms with Crippen molar-refractivity contribution in [2.75, 3.05) is 33.0 Å². The Hall–Kier alpha value is -0.120. The van der Waals surface area contributed by atoms with E-state index in [1.165, 1.54) is 12.8 Å². The fourth-order valence-electron chi connectivity index (χ4n) is 1.28. The number of unbranched alkanes of at least 4 members (excludes halogenated alkanes) is 1. The molecule has 114 valence electrons. The molecular weight excluding hydrogens is 226 g/mol. The van der Waals surface area contributed by atoms with Crippen molar-refractivity contribution >= 4 is 0 Å². The molecule has 0 saturated heterocycles. The van der Waals surface area contributed by atoms with Gasteiger partial charge in [0.25, 0.3) is 0 Å². The van der Waals surface area contributed by atoms with Crippen LogP contribution in [-0.4, -0.2) is 39.0 Å². The molecule has 1 N–H and O–H groups in total. The van der Waals surface area contributed by atoms with Gasteiger partial charge >= 0.3 is 0 Å². The van der Waals surface area contributed by atoms with E-state index in [1.807, 2.05) is 13.8 Å². The third-order valence-corrected chi connectivity index (χ3v) is 2.24. The summed E-state index contributed by atoms with van der Waals surface area (Å²) >= 11 is 0. The van der Waals surface area contributed by atoms with Crippen LogP contribution in [-0.2, 0) is 9.47 Å². The molecule has 0 saturated carbocycles. The van der Waals surface area contributed by atoms with Crippen molar-refractivity contribution in [2.24, 2.45) is 0 Å². The van der Waals surface area contributed by atoms with Crippen LogP contribution < -0.4 is 5.32 Å². The average molecular weight is 263 g/mol. The first-order valence-corrected chi connectivity index (χ1v) is 7.66. The summed E-state index contributed by atoms with van der Waals surface area (Å²) in [5.41, 5.74) is 0. The normalized spacial score (nSPS) is 10.3. The van der Waals surface area contributed by atoms with Crippen LogP contribution in [0.4, 0.5) is 0 Å². The Morgan fingerprint density at radius 3 is 1.89 bits per heavy atom. The van der Waals surface area contributed by atoms with Gasteiger partial charge in [-0.1, -0.05) is 41.0 Å². The van der Waals surface area contributed by atoms with E-state index in [1.54, 1.807) is 0 Å². The summed E-state index contributed by atoms with van der Waals surface area (Å²) < 4.78 is 10.9. The third kappa shape index (κ3) is 21.2. The van der Waals surface area contributed by atoms with E-state index < -0.39 is 0 Å². The minimum absolute atomic E-state index is 0. The third-order valence-electron chi connectivity index (χ3n) is 2.24. The monoisotopic (exact) mass is 263 g/mol. The minimum atomic E-state index is 0. The molecular formula is C15H37NO2. The van der Waals surface area contributed by atoms with Crippen LogP contribution in [0, 0.1) is 0 Å². The molecule has 0 aliphatic heterocycles. The molecule has 0 atom stereocenters. The van der Waals surface area contributed by atoms with Gasteiger partial charge in [0, 0.05) is 33.9 Å². The summed E-state index contributed by atoms with van der Waals surface area (Å²) in [4.78, 5) is 0. The van der Waals surface area contributed by atoms with Gasteiger partial charge in [0.15, 0.2) is 0 Å². The van der Waals surface area contributed by atoms with Crippen molar-refractivity contribution in [3.8, 4) is 0 Å². The molecule has 0 radical (unpaired) electrons. The van der Waals surface area contributed by atoms with Crippen LogP contribution in [0.3, 0.4) is 0 Å². The Morgan fingerprint density at radius 2 is 1.39 bits per heavy atom. The molecule has 0 unspecified atom stereocenters. The van der Waals surface area contributed by atoms with Gasteiger partial charge in [-0.25, -0.2) is 0 Å². The highest BCUT2D eigenvalue weighted by Crippen LogP contribution is 1.91. The molecule has 0 rings (SSSR count). The summed E-state index contributed by atoms with van der Waals surface area (Å²) in [5, 5.41) is 3.37. The number of nitrogens with one attached hydrogen (secondary N) is 1.